The number of halogens is 1. The Morgan fingerprint density at radius 2 is 1.67 bits per heavy atom. The van der Waals surface area contributed by atoms with Gasteiger partial charge in [-0.1, -0.05) is 41.9 Å². The molecule has 0 saturated heterocycles. The van der Waals surface area contributed by atoms with Crippen molar-refractivity contribution >= 4 is 34.4 Å². The van der Waals surface area contributed by atoms with Crippen LogP contribution < -0.4 is 20.4 Å². The summed E-state index contributed by atoms with van der Waals surface area (Å²) in [5.74, 6) is -0.490. The second-order valence-corrected chi connectivity index (χ2v) is 8.76. The molecule has 7 nitrogen and oxygen atoms in total. The number of ether oxygens (including phenoxy) is 2. The van der Waals surface area contributed by atoms with E-state index in [2.05, 4.69) is 5.32 Å². The van der Waals surface area contributed by atoms with Crippen LogP contribution in [0.2, 0.25) is 5.02 Å². The molecular weight excluding hydrogens is 482 g/mol. The van der Waals surface area contributed by atoms with Crippen molar-refractivity contribution in [1.29, 1.82) is 0 Å². The van der Waals surface area contributed by atoms with E-state index < -0.39 is 17.5 Å². The van der Waals surface area contributed by atoms with E-state index in [1.807, 2.05) is 51.1 Å². The Kier molecular flexibility index (Phi) is 7.41. The number of aryl methyl sites for hydroxylation is 2. The number of benzene rings is 3. The van der Waals surface area contributed by atoms with E-state index in [-0.39, 0.29) is 29.5 Å². The molecule has 1 N–H and O–H groups in total. The fourth-order valence-corrected chi connectivity index (χ4v) is 3.81. The van der Waals surface area contributed by atoms with Crippen LogP contribution in [0.25, 0.3) is 11.0 Å². The van der Waals surface area contributed by atoms with E-state index in [1.54, 1.807) is 24.3 Å². The molecule has 4 rings (SSSR count). The molecular formula is C28H24ClNO6. The van der Waals surface area contributed by atoms with Gasteiger partial charge in [0.25, 0.3) is 5.91 Å². The molecule has 184 valence electrons. The maximum absolute atomic E-state index is 12.7. The smallest absolute Gasteiger partial charge is 0.349 e. The van der Waals surface area contributed by atoms with Crippen molar-refractivity contribution in [2.75, 3.05) is 6.61 Å². The van der Waals surface area contributed by atoms with E-state index in [4.69, 9.17) is 25.5 Å². The first-order valence-corrected chi connectivity index (χ1v) is 11.6. The molecule has 3 aromatic carbocycles. The molecule has 1 unspecified atom stereocenters. The molecule has 4 aromatic rings. The number of esters is 1. The molecule has 0 saturated carbocycles. The van der Waals surface area contributed by atoms with E-state index in [1.165, 1.54) is 12.1 Å². The lowest BCUT2D eigenvalue weighted by Gasteiger charge is -2.14. The molecule has 1 amide bonds. The van der Waals surface area contributed by atoms with Gasteiger partial charge < -0.3 is 19.2 Å². The van der Waals surface area contributed by atoms with Gasteiger partial charge in [-0.2, -0.15) is 0 Å². The van der Waals surface area contributed by atoms with Crippen LogP contribution in [0, 0.1) is 13.8 Å². The number of hydrogen-bond acceptors (Lipinski definition) is 6. The van der Waals surface area contributed by atoms with Crippen molar-refractivity contribution in [1.82, 2.24) is 5.32 Å². The molecule has 8 heteroatoms. The Hall–Kier alpha value is -4.10. The maximum Gasteiger partial charge on any atom is 0.349 e. The Morgan fingerprint density at radius 3 is 2.36 bits per heavy atom. The Morgan fingerprint density at radius 1 is 0.972 bits per heavy atom. The summed E-state index contributed by atoms with van der Waals surface area (Å²) in [6.45, 7) is 5.21. The lowest BCUT2D eigenvalue weighted by atomic mass is 10.1. The third-order valence-corrected chi connectivity index (χ3v) is 6.19. The minimum absolute atomic E-state index is 0.114. The number of rotatable bonds is 7. The molecule has 0 spiro atoms. The molecule has 0 aliphatic heterocycles. The van der Waals surface area contributed by atoms with Crippen LogP contribution >= 0.6 is 11.6 Å². The van der Waals surface area contributed by atoms with Gasteiger partial charge in [-0.05, 0) is 67.8 Å². The van der Waals surface area contributed by atoms with Crippen LogP contribution in [0.3, 0.4) is 0 Å². The molecule has 1 atom stereocenters. The molecule has 0 radical (unpaired) electrons. The third-order valence-electron chi connectivity index (χ3n) is 5.60. The van der Waals surface area contributed by atoms with Gasteiger partial charge in [0.15, 0.2) is 6.61 Å². The monoisotopic (exact) mass is 505 g/mol. The average Bonchev–Trinajstić information content (AvgIpc) is 2.86. The van der Waals surface area contributed by atoms with Crippen molar-refractivity contribution in [3.63, 3.8) is 0 Å². The molecule has 36 heavy (non-hydrogen) atoms. The zero-order valence-corrected chi connectivity index (χ0v) is 20.7. The minimum atomic E-state index is -0.791. The lowest BCUT2D eigenvalue weighted by Crippen LogP contribution is -2.30. The van der Waals surface area contributed by atoms with Crippen molar-refractivity contribution < 1.29 is 23.5 Å². The van der Waals surface area contributed by atoms with Crippen LogP contribution in [-0.4, -0.2) is 18.5 Å². The molecule has 1 heterocycles. The summed E-state index contributed by atoms with van der Waals surface area (Å²) in [6.07, 6.45) is 0. The zero-order valence-electron chi connectivity index (χ0n) is 20.0. The maximum atomic E-state index is 12.7. The zero-order chi connectivity index (χ0) is 25.8. The van der Waals surface area contributed by atoms with E-state index in [0.717, 1.165) is 16.7 Å². The van der Waals surface area contributed by atoms with Gasteiger partial charge in [0.1, 0.15) is 22.6 Å². The Labute approximate surface area is 212 Å². The number of carbonyl (C=O) groups excluding carboxylic acids is 2. The van der Waals surface area contributed by atoms with Crippen LogP contribution in [-0.2, 0) is 4.79 Å². The second-order valence-electron chi connectivity index (χ2n) is 8.39. The molecule has 1 aromatic heterocycles. The van der Waals surface area contributed by atoms with E-state index in [9.17, 15) is 14.4 Å². The van der Waals surface area contributed by atoms with Gasteiger partial charge in [-0.25, -0.2) is 9.59 Å². The topological polar surface area (TPSA) is 94.8 Å². The summed E-state index contributed by atoms with van der Waals surface area (Å²) < 4.78 is 16.2. The highest BCUT2D eigenvalue weighted by atomic mass is 35.5. The van der Waals surface area contributed by atoms with Crippen LogP contribution in [0.5, 0.6) is 11.5 Å². The lowest BCUT2D eigenvalue weighted by molar-refractivity contribution is -0.136. The number of amides is 1. The number of nitrogens with one attached hydrogen (secondary N) is 1. The van der Waals surface area contributed by atoms with Crippen molar-refractivity contribution in [3.05, 3.63) is 104 Å². The Balaban J connectivity index is 1.43. The largest absolute Gasteiger partial charge is 0.482 e. The van der Waals surface area contributed by atoms with E-state index >= 15 is 0 Å². The van der Waals surface area contributed by atoms with Crippen LogP contribution in [0.4, 0.5) is 0 Å². The highest BCUT2D eigenvalue weighted by Crippen LogP contribution is 2.26. The first-order valence-electron chi connectivity index (χ1n) is 11.2. The van der Waals surface area contributed by atoms with Crippen LogP contribution in [0.15, 0.2) is 75.9 Å². The van der Waals surface area contributed by atoms with Crippen molar-refractivity contribution in [3.8, 4) is 11.5 Å². The van der Waals surface area contributed by atoms with Gasteiger partial charge in [-0.3, -0.25) is 4.79 Å². The molecule has 0 aliphatic rings. The number of hydrogen-bond donors (Lipinski definition) is 1. The predicted octanol–water partition coefficient (Wildman–Crippen LogP) is 5.54. The van der Waals surface area contributed by atoms with Gasteiger partial charge in [-0.15, -0.1) is 0 Å². The average molecular weight is 506 g/mol. The molecule has 0 aliphatic carbocycles. The fraction of sp³-hybridized carbons (Fsp3) is 0.179. The first-order chi connectivity index (χ1) is 17.2. The summed E-state index contributed by atoms with van der Waals surface area (Å²) in [6, 6.07) is 18.6. The number of carbonyl (C=O) groups is 2. The summed E-state index contributed by atoms with van der Waals surface area (Å²) >= 11 is 6.15. The quantitative estimate of drug-likeness (QED) is 0.201. The number of fused-ring (bicyclic) bond motifs is 1. The van der Waals surface area contributed by atoms with Gasteiger partial charge in [0, 0.05) is 16.5 Å². The standard InChI is InChI=1S/C28H24ClNO6/c1-16-11-22(12-17(2)26(16)29)34-15-25(31)35-21-10-9-20-13-23(28(33)36-24(20)14-21)27(32)30-18(3)19-7-5-4-6-8-19/h4-14,18H,15H2,1-3H3,(H,30,32). The Bertz CT molecular complexity index is 1470. The normalized spacial score (nSPS) is 11.7. The van der Waals surface area contributed by atoms with Crippen molar-refractivity contribution in [2.24, 2.45) is 0 Å². The SMILES string of the molecule is Cc1cc(OCC(=O)Oc2ccc3cc(C(=O)NC(C)c4ccccc4)c(=O)oc3c2)cc(C)c1Cl. The third kappa shape index (κ3) is 5.75. The van der Waals surface area contributed by atoms with E-state index in [0.29, 0.717) is 16.2 Å². The minimum Gasteiger partial charge on any atom is -0.482 e. The summed E-state index contributed by atoms with van der Waals surface area (Å²) in [5.41, 5.74) is 1.87. The van der Waals surface area contributed by atoms with Crippen LogP contribution in [0.1, 0.15) is 40.0 Å². The van der Waals surface area contributed by atoms with Crippen molar-refractivity contribution in [2.45, 2.75) is 26.8 Å². The second kappa shape index (κ2) is 10.7. The van der Waals surface area contributed by atoms with Gasteiger partial charge >= 0.3 is 11.6 Å². The highest BCUT2D eigenvalue weighted by molar-refractivity contribution is 6.32. The fourth-order valence-electron chi connectivity index (χ4n) is 3.71. The molecule has 0 fully saturated rings. The van der Waals surface area contributed by atoms with Gasteiger partial charge in [0.2, 0.25) is 0 Å². The predicted molar refractivity (Wildman–Crippen MR) is 137 cm³/mol. The highest BCUT2D eigenvalue weighted by Gasteiger charge is 2.17. The summed E-state index contributed by atoms with van der Waals surface area (Å²) in [7, 11) is 0. The van der Waals surface area contributed by atoms with Gasteiger partial charge in [0.05, 0.1) is 6.04 Å². The summed E-state index contributed by atoms with van der Waals surface area (Å²) in [5, 5.41) is 3.96. The first kappa shape index (κ1) is 25.0. The summed E-state index contributed by atoms with van der Waals surface area (Å²) in [4.78, 5) is 37.5. The molecule has 0 bridgehead atoms.